The van der Waals surface area contributed by atoms with E-state index in [0.29, 0.717) is 11.1 Å². The van der Waals surface area contributed by atoms with Crippen molar-refractivity contribution in [2.45, 2.75) is 38.6 Å². The molecule has 3 rings (SSSR count). The van der Waals surface area contributed by atoms with Crippen LogP contribution in [0, 0.1) is 5.92 Å². The number of amides is 1. The summed E-state index contributed by atoms with van der Waals surface area (Å²) in [5.41, 5.74) is 1.98. The van der Waals surface area contributed by atoms with Gasteiger partial charge in [0.2, 0.25) is 5.91 Å². The van der Waals surface area contributed by atoms with Crippen LogP contribution in [0.5, 0.6) is 0 Å². The normalized spacial score (nSPS) is 24.0. The second-order valence-electron chi connectivity index (χ2n) is 7.14. The number of nitrogens with one attached hydrogen (secondary N) is 2. The average molecular weight is 366 g/mol. The smallest absolute Gasteiger partial charge is 0.239 e. The maximum absolute atomic E-state index is 12.3. The van der Waals surface area contributed by atoms with Gasteiger partial charge in [0.15, 0.2) is 0 Å². The first-order valence-electron chi connectivity index (χ1n) is 9.27. The molecule has 0 radical (unpaired) electrons. The van der Waals surface area contributed by atoms with Crippen molar-refractivity contribution < 1.29 is 9.53 Å². The van der Waals surface area contributed by atoms with Gasteiger partial charge in [0.05, 0.1) is 31.1 Å². The van der Waals surface area contributed by atoms with Crippen LogP contribution in [0.15, 0.2) is 18.2 Å². The van der Waals surface area contributed by atoms with Gasteiger partial charge in [0.25, 0.3) is 0 Å². The molecule has 5 nitrogen and oxygen atoms in total. The van der Waals surface area contributed by atoms with E-state index in [2.05, 4.69) is 22.5 Å². The third kappa shape index (κ3) is 5.25. The highest BCUT2D eigenvalue weighted by Gasteiger charge is 2.20. The number of anilines is 2. The van der Waals surface area contributed by atoms with Crippen LogP contribution in [0.1, 0.15) is 32.6 Å². The van der Waals surface area contributed by atoms with E-state index in [0.717, 1.165) is 56.4 Å². The molecule has 25 heavy (non-hydrogen) atoms. The molecule has 0 bridgehead atoms. The minimum Gasteiger partial charge on any atom is -0.378 e. The highest BCUT2D eigenvalue weighted by atomic mass is 35.5. The molecule has 1 aliphatic carbocycles. The van der Waals surface area contributed by atoms with Gasteiger partial charge in [-0.2, -0.15) is 0 Å². The van der Waals surface area contributed by atoms with Gasteiger partial charge in [-0.05, 0) is 49.8 Å². The first-order chi connectivity index (χ1) is 12.1. The molecule has 2 fully saturated rings. The summed E-state index contributed by atoms with van der Waals surface area (Å²) in [7, 11) is 0. The van der Waals surface area contributed by atoms with E-state index < -0.39 is 0 Å². The molecule has 0 unspecified atom stereocenters. The second kappa shape index (κ2) is 8.77. The topological polar surface area (TPSA) is 53.6 Å². The zero-order chi connectivity index (χ0) is 17.6. The Labute approximate surface area is 155 Å². The Kier molecular flexibility index (Phi) is 6.43. The molecule has 1 aromatic carbocycles. The number of hydrogen-bond acceptors (Lipinski definition) is 4. The minimum absolute atomic E-state index is 0.0486. The molecule has 2 N–H and O–H groups in total. The van der Waals surface area contributed by atoms with E-state index in [9.17, 15) is 4.79 Å². The van der Waals surface area contributed by atoms with Crippen molar-refractivity contribution in [2.24, 2.45) is 5.92 Å². The van der Waals surface area contributed by atoms with Crippen molar-refractivity contribution in [3.63, 3.8) is 0 Å². The molecule has 138 valence electrons. The first-order valence-corrected chi connectivity index (χ1v) is 9.65. The van der Waals surface area contributed by atoms with E-state index in [1.165, 1.54) is 12.8 Å². The van der Waals surface area contributed by atoms with Crippen LogP contribution >= 0.6 is 11.6 Å². The van der Waals surface area contributed by atoms with E-state index in [1.54, 1.807) is 0 Å². The molecule has 0 spiro atoms. The van der Waals surface area contributed by atoms with Gasteiger partial charge in [-0.1, -0.05) is 18.5 Å². The molecular formula is C19H28ClN3O2. The zero-order valence-electron chi connectivity index (χ0n) is 14.9. The van der Waals surface area contributed by atoms with E-state index in [4.69, 9.17) is 16.3 Å². The Hall–Kier alpha value is -1.46. The maximum Gasteiger partial charge on any atom is 0.239 e. The number of morpholine rings is 1. The van der Waals surface area contributed by atoms with Gasteiger partial charge in [-0.3, -0.25) is 4.79 Å². The Balaban J connectivity index is 1.56. The van der Waals surface area contributed by atoms with Crippen LogP contribution < -0.4 is 15.5 Å². The molecule has 0 atom stereocenters. The summed E-state index contributed by atoms with van der Waals surface area (Å²) < 4.78 is 5.42. The summed E-state index contributed by atoms with van der Waals surface area (Å²) in [5, 5.41) is 7.09. The van der Waals surface area contributed by atoms with Gasteiger partial charge in [0.1, 0.15) is 0 Å². The second-order valence-corrected chi connectivity index (χ2v) is 7.58. The van der Waals surface area contributed by atoms with Crippen molar-refractivity contribution in [1.82, 2.24) is 5.32 Å². The van der Waals surface area contributed by atoms with Gasteiger partial charge in [0, 0.05) is 24.2 Å². The summed E-state index contributed by atoms with van der Waals surface area (Å²) in [6, 6.07) is 6.11. The molecule has 0 aromatic heterocycles. The molecule has 1 saturated carbocycles. The molecule has 1 saturated heterocycles. The highest BCUT2D eigenvalue weighted by Crippen LogP contribution is 2.30. The summed E-state index contributed by atoms with van der Waals surface area (Å²) in [5.74, 6) is 0.835. The third-order valence-corrected chi connectivity index (χ3v) is 5.37. The summed E-state index contributed by atoms with van der Waals surface area (Å²) in [6.45, 7) is 5.70. The molecular weight excluding hydrogens is 338 g/mol. The Morgan fingerprint density at radius 1 is 1.24 bits per heavy atom. The highest BCUT2D eigenvalue weighted by molar-refractivity contribution is 6.31. The molecule has 1 aliphatic heterocycles. The van der Waals surface area contributed by atoms with Gasteiger partial charge in [-0.15, -0.1) is 0 Å². The number of hydrogen-bond donors (Lipinski definition) is 2. The van der Waals surface area contributed by atoms with Gasteiger partial charge < -0.3 is 20.3 Å². The van der Waals surface area contributed by atoms with Crippen LogP contribution in [0.4, 0.5) is 11.4 Å². The number of carbonyl (C=O) groups excluding carboxylic acids is 1. The zero-order valence-corrected chi connectivity index (χ0v) is 15.6. The number of ether oxygens (including phenoxy) is 1. The third-order valence-electron chi connectivity index (χ3n) is 5.13. The average Bonchev–Trinajstić information content (AvgIpc) is 2.63. The predicted molar refractivity (Wildman–Crippen MR) is 103 cm³/mol. The van der Waals surface area contributed by atoms with Crippen molar-refractivity contribution in [1.29, 1.82) is 0 Å². The number of rotatable bonds is 5. The maximum atomic E-state index is 12.3. The number of halogens is 1. The van der Waals surface area contributed by atoms with Crippen LogP contribution in [-0.2, 0) is 9.53 Å². The van der Waals surface area contributed by atoms with E-state index >= 15 is 0 Å². The lowest BCUT2D eigenvalue weighted by molar-refractivity contribution is -0.120. The molecule has 1 aromatic rings. The van der Waals surface area contributed by atoms with Crippen molar-refractivity contribution in [3.8, 4) is 0 Å². The SMILES string of the molecule is CC1CCC(NC(=O)CNc2cc(Cl)ccc2N2CCOCC2)CC1. The Morgan fingerprint density at radius 2 is 1.96 bits per heavy atom. The van der Waals surface area contributed by atoms with Gasteiger partial charge >= 0.3 is 0 Å². The Morgan fingerprint density at radius 3 is 2.68 bits per heavy atom. The minimum atomic E-state index is 0.0486. The van der Waals surface area contributed by atoms with Crippen molar-refractivity contribution in [3.05, 3.63) is 23.2 Å². The van der Waals surface area contributed by atoms with Crippen LogP contribution in [-0.4, -0.2) is 44.8 Å². The number of benzene rings is 1. The molecule has 6 heteroatoms. The van der Waals surface area contributed by atoms with E-state index in [1.807, 2.05) is 18.2 Å². The summed E-state index contributed by atoms with van der Waals surface area (Å²) in [4.78, 5) is 14.6. The number of nitrogens with zero attached hydrogens (tertiary/aromatic N) is 1. The summed E-state index contributed by atoms with van der Waals surface area (Å²) >= 11 is 6.16. The van der Waals surface area contributed by atoms with Crippen molar-refractivity contribution >= 4 is 28.9 Å². The lowest BCUT2D eigenvalue weighted by atomic mass is 9.87. The lowest BCUT2D eigenvalue weighted by Crippen LogP contribution is -2.40. The largest absolute Gasteiger partial charge is 0.378 e. The van der Waals surface area contributed by atoms with Crippen LogP contribution in [0.25, 0.3) is 0 Å². The molecule has 1 heterocycles. The fraction of sp³-hybridized carbons (Fsp3) is 0.632. The van der Waals surface area contributed by atoms with Gasteiger partial charge in [-0.25, -0.2) is 0 Å². The molecule has 1 amide bonds. The van der Waals surface area contributed by atoms with Crippen LogP contribution in [0.3, 0.4) is 0 Å². The van der Waals surface area contributed by atoms with E-state index in [-0.39, 0.29) is 12.5 Å². The molecule has 2 aliphatic rings. The fourth-order valence-electron chi connectivity index (χ4n) is 3.59. The Bertz CT molecular complexity index is 582. The lowest BCUT2D eigenvalue weighted by Gasteiger charge is -2.31. The predicted octanol–water partition coefficient (Wildman–Crippen LogP) is 3.28. The number of carbonyl (C=O) groups is 1. The first kappa shape index (κ1) is 18.3. The monoisotopic (exact) mass is 365 g/mol. The standard InChI is InChI=1S/C19H28ClN3O2/c1-14-2-5-16(6-3-14)22-19(24)13-21-17-12-15(20)4-7-18(17)23-8-10-25-11-9-23/h4,7,12,14,16,21H,2-3,5-6,8-11,13H2,1H3,(H,22,24). The quantitative estimate of drug-likeness (QED) is 0.840. The van der Waals surface area contributed by atoms with Crippen molar-refractivity contribution in [2.75, 3.05) is 43.1 Å². The van der Waals surface area contributed by atoms with Crippen LogP contribution in [0.2, 0.25) is 5.02 Å². The fourth-order valence-corrected chi connectivity index (χ4v) is 3.76. The summed E-state index contributed by atoms with van der Waals surface area (Å²) in [6.07, 6.45) is 4.58.